The number of carboxylic acid groups (broad SMARTS) is 1. The molecule has 2 rings (SSSR count). The zero-order chi connectivity index (χ0) is 30.4. The van der Waals surface area contributed by atoms with Crippen molar-refractivity contribution in [1.29, 1.82) is 0 Å². The molecule has 222 valence electrons. The summed E-state index contributed by atoms with van der Waals surface area (Å²) in [5.41, 5.74) is 18.0. The number of carbonyl (C=O) groups is 4. The molecule has 41 heavy (non-hydrogen) atoms. The Balaban J connectivity index is 2.13. The molecular formula is C27H37N7O6S. The standard InChI is InChI=1S/C27H37N7O6S/c28-19(13-16-5-2-1-3-6-16)23(36)34-22(15-41)25(38)33-21(14-17-8-10-18(35)11-9-17)24(37)32-20(26(39)40)7-4-12-31-27(29)30/h1-3,5-6,8-11,19-22,35,41H,4,7,12-15,28H2,(H,32,37)(H,33,38)(H,34,36)(H,39,40)(H4,29,30,31). The van der Waals surface area contributed by atoms with Crippen LogP contribution in [-0.2, 0) is 32.0 Å². The summed E-state index contributed by atoms with van der Waals surface area (Å²) >= 11 is 4.18. The molecule has 3 amide bonds. The van der Waals surface area contributed by atoms with Gasteiger partial charge in [-0.1, -0.05) is 42.5 Å². The zero-order valence-electron chi connectivity index (χ0n) is 22.4. The summed E-state index contributed by atoms with van der Waals surface area (Å²) in [6.07, 6.45) is 0.533. The number of rotatable bonds is 16. The van der Waals surface area contributed by atoms with Crippen molar-refractivity contribution in [3.63, 3.8) is 0 Å². The lowest BCUT2D eigenvalue weighted by atomic mass is 10.0. The van der Waals surface area contributed by atoms with E-state index in [0.717, 1.165) is 5.56 Å². The summed E-state index contributed by atoms with van der Waals surface area (Å²) in [5.74, 6) is -3.53. The first kappa shape index (κ1) is 32.9. The van der Waals surface area contributed by atoms with Crippen LogP contribution in [0, 0.1) is 0 Å². The highest BCUT2D eigenvalue weighted by atomic mass is 32.1. The van der Waals surface area contributed by atoms with Gasteiger partial charge >= 0.3 is 5.97 Å². The molecule has 0 saturated heterocycles. The number of phenols is 1. The molecular weight excluding hydrogens is 550 g/mol. The molecule has 0 aliphatic carbocycles. The van der Waals surface area contributed by atoms with E-state index in [1.54, 1.807) is 12.1 Å². The first-order valence-corrected chi connectivity index (χ1v) is 13.5. The van der Waals surface area contributed by atoms with Crippen LogP contribution in [0.2, 0.25) is 0 Å². The van der Waals surface area contributed by atoms with Crippen molar-refractivity contribution in [1.82, 2.24) is 16.0 Å². The van der Waals surface area contributed by atoms with Gasteiger partial charge in [0.25, 0.3) is 0 Å². The summed E-state index contributed by atoms with van der Waals surface area (Å²) in [7, 11) is 0. The fourth-order valence-electron chi connectivity index (χ4n) is 3.82. The quantitative estimate of drug-likeness (QED) is 0.0507. The number of hydrogen-bond acceptors (Lipinski definition) is 8. The van der Waals surface area contributed by atoms with Gasteiger partial charge in [-0.25, -0.2) is 4.79 Å². The number of benzene rings is 2. The number of hydrogen-bond donors (Lipinski definition) is 9. The molecule has 2 aromatic rings. The Hall–Kier alpha value is -4.30. The van der Waals surface area contributed by atoms with E-state index in [2.05, 4.69) is 33.6 Å². The highest BCUT2D eigenvalue weighted by molar-refractivity contribution is 7.80. The Morgan fingerprint density at radius 1 is 0.805 bits per heavy atom. The van der Waals surface area contributed by atoms with E-state index in [4.69, 9.17) is 17.2 Å². The number of aliphatic imine (C=N–C) groups is 1. The van der Waals surface area contributed by atoms with Crippen molar-refractivity contribution < 1.29 is 29.4 Å². The van der Waals surface area contributed by atoms with Gasteiger partial charge in [0.15, 0.2) is 5.96 Å². The van der Waals surface area contributed by atoms with E-state index >= 15 is 0 Å². The highest BCUT2D eigenvalue weighted by Gasteiger charge is 2.30. The van der Waals surface area contributed by atoms with Gasteiger partial charge in [0.2, 0.25) is 17.7 Å². The monoisotopic (exact) mass is 587 g/mol. The maximum atomic E-state index is 13.2. The molecule has 0 saturated carbocycles. The Labute approximate surface area is 243 Å². The average molecular weight is 588 g/mol. The molecule has 0 radical (unpaired) electrons. The lowest BCUT2D eigenvalue weighted by Gasteiger charge is -2.25. The van der Waals surface area contributed by atoms with Gasteiger partial charge in [0, 0.05) is 18.7 Å². The van der Waals surface area contributed by atoms with E-state index in [1.807, 2.05) is 30.3 Å². The second kappa shape index (κ2) is 16.7. The van der Waals surface area contributed by atoms with Gasteiger partial charge in [-0.2, -0.15) is 12.6 Å². The summed E-state index contributed by atoms with van der Waals surface area (Å²) < 4.78 is 0. The fraction of sp³-hybridized carbons (Fsp3) is 0.370. The van der Waals surface area contributed by atoms with Gasteiger partial charge < -0.3 is 43.4 Å². The molecule has 2 aromatic carbocycles. The molecule has 4 atom stereocenters. The number of nitrogens with one attached hydrogen (secondary N) is 3. The van der Waals surface area contributed by atoms with Crippen LogP contribution in [0.3, 0.4) is 0 Å². The number of aromatic hydroxyl groups is 1. The van der Waals surface area contributed by atoms with Crippen LogP contribution in [0.5, 0.6) is 5.75 Å². The van der Waals surface area contributed by atoms with Crippen molar-refractivity contribution in [2.24, 2.45) is 22.2 Å². The number of guanidine groups is 1. The topological polar surface area (TPSA) is 235 Å². The van der Waals surface area contributed by atoms with Gasteiger partial charge in [0.05, 0.1) is 6.04 Å². The Morgan fingerprint density at radius 3 is 1.95 bits per heavy atom. The van der Waals surface area contributed by atoms with Gasteiger partial charge in [-0.3, -0.25) is 19.4 Å². The van der Waals surface area contributed by atoms with Crippen molar-refractivity contribution in [3.8, 4) is 5.75 Å². The second-order valence-electron chi connectivity index (χ2n) is 9.32. The minimum Gasteiger partial charge on any atom is -0.508 e. The molecule has 11 N–H and O–H groups in total. The number of carbonyl (C=O) groups excluding carboxylic acids is 3. The number of carboxylic acids is 1. The minimum atomic E-state index is -1.27. The summed E-state index contributed by atoms with van der Waals surface area (Å²) in [6.45, 7) is 0.172. The molecule has 0 aliphatic rings. The van der Waals surface area contributed by atoms with Gasteiger partial charge in [-0.05, 0) is 42.5 Å². The van der Waals surface area contributed by atoms with Gasteiger partial charge in [0.1, 0.15) is 23.9 Å². The lowest BCUT2D eigenvalue weighted by molar-refractivity contribution is -0.142. The van der Waals surface area contributed by atoms with E-state index < -0.39 is 47.9 Å². The number of amides is 3. The van der Waals surface area contributed by atoms with Crippen LogP contribution in [0.25, 0.3) is 0 Å². The average Bonchev–Trinajstić information content (AvgIpc) is 2.94. The lowest BCUT2D eigenvalue weighted by Crippen LogP contribution is -2.58. The maximum Gasteiger partial charge on any atom is 0.326 e. The second-order valence-corrected chi connectivity index (χ2v) is 9.69. The summed E-state index contributed by atoms with van der Waals surface area (Å²) in [6, 6.07) is 10.5. The largest absolute Gasteiger partial charge is 0.508 e. The molecule has 0 fully saturated rings. The van der Waals surface area contributed by atoms with Crippen LogP contribution in [0.15, 0.2) is 59.6 Å². The Kier molecular flexibility index (Phi) is 13.4. The van der Waals surface area contributed by atoms with Crippen LogP contribution in [-0.4, -0.2) is 76.3 Å². The SMILES string of the molecule is NC(N)=NCCCC(NC(=O)C(Cc1ccc(O)cc1)NC(=O)C(CS)NC(=O)C(N)Cc1ccccc1)C(=O)O. The molecule has 0 heterocycles. The first-order valence-electron chi connectivity index (χ1n) is 12.9. The van der Waals surface area contributed by atoms with Gasteiger partial charge in [-0.15, -0.1) is 0 Å². The van der Waals surface area contributed by atoms with Crippen molar-refractivity contribution >= 4 is 42.3 Å². The van der Waals surface area contributed by atoms with Crippen LogP contribution in [0.1, 0.15) is 24.0 Å². The van der Waals surface area contributed by atoms with Crippen molar-refractivity contribution in [3.05, 3.63) is 65.7 Å². The van der Waals surface area contributed by atoms with Crippen molar-refractivity contribution in [2.45, 2.75) is 49.9 Å². The molecule has 13 nitrogen and oxygen atoms in total. The van der Waals surface area contributed by atoms with E-state index in [0.29, 0.717) is 5.56 Å². The number of nitrogens with two attached hydrogens (primary N) is 3. The fourth-order valence-corrected chi connectivity index (χ4v) is 4.07. The minimum absolute atomic E-state index is 0.00944. The Bertz CT molecular complexity index is 1190. The summed E-state index contributed by atoms with van der Waals surface area (Å²) in [4.78, 5) is 54.7. The Morgan fingerprint density at radius 2 is 1.37 bits per heavy atom. The third-order valence-corrected chi connectivity index (χ3v) is 6.38. The third kappa shape index (κ3) is 11.8. The molecule has 0 spiro atoms. The maximum absolute atomic E-state index is 13.2. The molecule has 4 unspecified atom stereocenters. The third-order valence-electron chi connectivity index (χ3n) is 6.02. The molecule has 0 aliphatic heterocycles. The van der Waals surface area contributed by atoms with Crippen LogP contribution >= 0.6 is 12.6 Å². The summed E-state index contributed by atoms with van der Waals surface area (Å²) in [5, 5.41) is 26.8. The number of thiol groups is 1. The molecule has 0 bridgehead atoms. The van der Waals surface area contributed by atoms with Crippen LogP contribution < -0.4 is 33.2 Å². The van der Waals surface area contributed by atoms with Crippen molar-refractivity contribution in [2.75, 3.05) is 12.3 Å². The molecule has 0 aromatic heterocycles. The van der Waals surface area contributed by atoms with E-state index in [-0.39, 0.29) is 49.7 Å². The molecule has 14 heteroatoms. The normalized spacial score (nSPS) is 13.6. The smallest absolute Gasteiger partial charge is 0.326 e. The number of aliphatic carboxylic acids is 1. The zero-order valence-corrected chi connectivity index (χ0v) is 23.3. The highest BCUT2D eigenvalue weighted by Crippen LogP contribution is 2.12. The van der Waals surface area contributed by atoms with E-state index in [9.17, 15) is 29.4 Å². The first-order chi connectivity index (χ1) is 19.5. The number of phenolic OH excluding ortho intramolecular Hbond substituents is 1. The van der Waals surface area contributed by atoms with E-state index in [1.165, 1.54) is 12.1 Å². The predicted octanol–water partition coefficient (Wildman–Crippen LogP) is -0.973. The van der Waals surface area contributed by atoms with Crippen LogP contribution in [0.4, 0.5) is 0 Å². The number of nitrogens with zero attached hydrogens (tertiary/aromatic N) is 1. The predicted molar refractivity (Wildman–Crippen MR) is 157 cm³/mol.